The topological polar surface area (TPSA) is 97.1 Å². The third kappa shape index (κ3) is 7.24. The van der Waals surface area contributed by atoms with Gasteiger partial charge in [-0.25, -0.2) is 0 Å². The first-order chi connectivity index (χ1) is 10.1. The summed E-state index contributed by atoms with van der Waals surface area (Å²) in [5.41, 5.74) is 5.36. The summed E-state index contributed by atoms with van der Waals surface area (Å²) in [6.07, 6.45) is 0.775. The zero-order valence-electron chi connectivity index (χ0n) is 13.1. The average molecular weight is 301 g/mol. The predicted molar refractivity (Wildman–Crippen MR) is 81.6 cm³/mol. The van der Waals surface area contributed by atoms with Crippen LogP contribution in [0, 0.1) is 5.92 Å². The second-order valence-corrected chi connectivity index (χ2v) is 5.68. The Bertz CT molecular complexity index is 297. The summed E-state index contributed by atoms with van der Waals surface area (Å²) in [7, 11) is -0.445. The zero-order valence-corrected chi connectivity index (χ0v) is 13.1. The molecule has 1 aliphatic rings. The lowest BCUT2D eigenvalue weighted by Gasteiger charge is -2.30. The second-order valence-electron chi connectivity index (χ2n) is 5.68. The van der Waals surface area contributed by atoms with Gasteiger partial charge >= 0.3 is 7.12 Å². The van der Waals surface area contributed by atoms with Crippen molar-refractivity contribution in [1.29, 1.82) is 0 Å². The summed E-state index contributed by atoms with van der Waals surface area (Å²) in [4.78, 5) is 13.6. The second kappa shape index (κ2) is 10.1. The Hall–Kier alpha value is -0.665. The number of amides is 1. The van der Waals surface area contributed by atoms with Crippen LogP contribution >= 0.6 is 0 Å². The van der Waals surface area contributed by atoms with E-state index in [2.05, 4.69) is 24.1 Å². The van der Waals surface area contributed by atoms with Crippen molar-refractivity contribution < 1.29 is 19.2 Å². The predicted octanol–water partition coefficient (Wildman–Crippen LogP) is -1.16. The molecule has 7 nitrogen and oxygen atoms in total. The van der Waals surface area contributed by atoms with Crippen LogP contribution in [0.2, 0.25) is 0 Å². The molecular formula is C13H28BN3O4. The molecular weight excluding hydrogens is 273 g/mol. The highest BCUT2D eigenvalue weighted by atomic mass is 16.6. The average Bonchev–Trinajstić information content (AvgIpc) is 2.40. The van der Waals surface area contributed by atoms with Gasteiger partial charge in [0.05, 0.1) is 19.1 Å². The Morgan fingerprint density at radius 2 is 2.00 bits per heavy atom. The zero-order chi connectivity index (χ0) is 15.7. The number of nitrogens with two attached hydrogens (primary N) is 1. The van der Waals surface area contributed by atoms with Crippen LogP contribution < -0.4 is 11.1 Å². The molecule has 0 spiro atoms. The van der Waals surface area contributed by atoms with Crippen molar-refractivity contribution in [2.24, 2.45) is 11.7 Å². The Kier molecular flexibility index (Phi) is 8.87. The fraction of sp³-hybridized carbons (Fsp3) is 0.923. The minimum atomic E-state index is -0.445. The summed E-state index contributed by atoms with van der Waals surface area (Å²) in [5, 5.41) is 11.8. The number of rotatable bonds is 7. The fourth-order valence-electron chi connectivity index (χ4n) is 2.36. The monoisotopic (exact) mass is 301 g/mol. The number of aliphatic hydroxyl groups is 1. The number of β-amino-alcohol motifs (C(OH)–C–C–N with tert-alkyl or cyclic N) is 1. The first-order valence-corrected chi connectivity index (χ1v) is 7.62. The minimum absolute atomic E-state index is 0.0361. The van der Waals surface area contributed by atoms with Crippen LogP contribution in [-0.4, -0.2) is 75.0 Å². The number of hydrogen-bond donors (Lipinski definition) is 3. The van der Waals surface area contributed by atoms with Crippen molar-refractivity contribution >= 4 is 13.0 Å². The van der Waals surface area contributed by atoms with E-state index in [9.17, 15) is 4.79 Å². The lowest BCUT2D eigenvalue weighted by Crippen LogP contribution is -2.53. The van der Waals surface area contributed by atoms with Gasteiger partial charge in [0.2, 0.25) is 5.91 Å². The van der Waals surface area contributed by atoms with Crippen LogP contribution in [0.5, 0.6) is 0 Å². The highest BCUT2D eigenvalue weighted by Gasteiger charge is 2.33. The van der Waals surface area contributed by atoms with E-state index in [1.165, 1.54) is 0 Å². The van der Waals surface area contributed by atoms with Crippen molar-refractivity contribution in [2.75, 3.05) is 46.0 Å². The normalized spacial score (nSPS) is 19.2. The van der Waals surface area contributed by atoms with Gasteiger partial charge in [-0.05, 0) is 12.3 Å². The Morgan fingerprint density at radius 1 is 1.38 bits per heavy atom. The maximum absolute atomic E-state index is 11.6. The number of carbonyl (C=O) groups is 1. The summed E-state index contributed by atoms with van der Waals surface area (Å²) in [6, 6.07) is 0. The molecule has 0 aliphatic carbocycles. The van der Waals surface area contributed by atoms with Crippen LogP contribution in [-0.2, 0) is 14.1 Å². The van der Waals surface area contributed by atoms with Gasteiger partial charge in [0, 0.05) is 32.8 Å². The molecule has 0 saturated carbocycles. The van der Waals surface area contributed by atoms with Crippen LogP contribution in [0.3, 0.4) is 0 Å². The van der Waals surface area contributed by atoms with Gasteiger partial charge < -0.3 is 25.5 Å². The van der Waals surface area contributed by atoms with Gasteiger partial charge in [0.15, 0.2) is 0 Å². The highest BCUT2D eigenvalue weighted by molar-refractivity contribution is 6.47. The Labute approximate surface area is 127 Å². The van der Waals surface area contributed by atoms with Crippen molar-refractivity contribution in [2.45, 2.75) is 26.2 Å². The van der Waals surface area contributed by atoms with E-state index in [0.717, 1.165) is 19.5 Å². The van der Waals surface area contributed by atoms with Gasteiger partial charge in [-0.2, -0.15) is 0 Å². The summed E-state index contributed by atoms with van der Waals surface area (Å²) >= 11 is 0. The van der Waals surface area contributed by atoms with E-state index in [1.54, 1.807) is 0 Å². The number of aliphatic hydroxyl groups excluding tert-OH is 1. The number of hydrogen-bond acceptors (Lipinski definition) is 6. The molecule has 21 heavy (non-hydrogen) atoms. The number of nitrogens with one attached hydrogen (secondary N) is 1. The van der Waals surface area contributed by atoms with Gasteiger partial charge in [-0.3, -0.25) is 9.69 Å². The first kappa shape index (κ1) is 18.4. The van der Waals surface area contributed by atoms with E-state index in [-0.39, 0.29) is 25.0 Å². The largest absolute Gasteiger partial charge is 0.480 e. The molecule has 8 heteroatoms. The van der Waals surface area contributed by atoms with E-state index in [0.29, 0.717) is 25.7 Å². The lowest BCUT2D eigenvalue weighted by molar-refractivity contribution is -0.120. The van der Waals surface area contributed by atoms with Crippen molar-refractivity contribution in [3.05, 3.63) is 0 Å². The molecule has 1 fully saturated rings. The molecule has 0 bridgehead atoms. The molecule has 0 aromatic rings. The third-order valence-corrected chi connectivity index (χ3v) is 3.38. The van der Waals surface area contributed by atoms with E-state index in [4.69, 9.17) is 20.1 Å². The van der Waals surface area contributed by atoms with Crippen LogP contribution in [0.1, 0.15) is 20.3 Å². The first-order valence-electron chi connectivity index (χ1n) is 7.62. The molecule has 1 aliphatic heterocycles. The number of carbonyl (C=O) groups excluding carboxylic acids is 1. The molecule has 0 radical (unpaired) electrons. The van der Waals surface area contributed by atoms with E-state index >= 15 is 0 Å². The quantitative estimate of drug-likeness (QED) is 0.514. The van der Waals surface area contributed by atoms with Crippen molar-refractivity contribution in [3.8, 4) is 0 Å². The number of nitrogens with zero attached hydrogens (tertiary/aromatic N) is 1. The van der Waals surface area contributed by atoms with Crippen molar-refractivity contribution in [1.82, 2.24) is 10.2 Å². The molecule has 4 N–H and O–H groups in total. The Morgan fingerprint density at radius 3 is 2.48 bits per heavy atom. The molecule has 1 atom stereocenters. The van der Waals surface area contributed by atoms with Gasteiger partial charge in [0.25, 0.3) is 0 Å². The summed E-state index contributed by atoms with van der Waals surface area (Å²) in [6.45, 7) is 7.42. The molecule has 0 unspecified atom stereocenters. The van der Waals surface area contributed by atoms with Crippen LogP contribution in [0.4, 0.5) is 0 Å². The maximum Gasteiger partial charge on any atom is 0.480 e. The van der Waals surface area contributed by atoms with Crippen LogP contribution in [0.15, 0.2) is 0 Å². The van der Waals surface area contributed by atoms with E-state index in [1.807, 2.05) is 0 Å². The van der Waals surface area contributed by atoms with Gasteiger partial charge in [-0.15, -0.1) is 0 Å². The lowest BCUT2D eigenvalue weighted by atomic mass is 9.73. The summed E-state index contributed by atoms with van der Waals surface area (Å²) < 4.78 is 11.5. The van der Waals surface area contributed by atoms with Gasteiger partial charge in [-0.1, -0.05) is 13.8 Å². The molecule has 1 heterocycles. The molecule has 0 aromatic carbocycles. The molecule has 1 rings (SSSR count). The SMILES string of the molecule is CC(C)C[C@H](NC(=O)CN)B1OCCN(CCO)CCO1. The summed E-state index contributed by atoms with van der Waals surface area (Å²) in [5.74, 6) is 0.0267. The molecule has 1 amide bonds. The van der Waals surface area contributed by atoms with Crippen LogP contribution in [0.25, 0.3) is 0 Å². The van der Waals surface area contributed by atoms with E-state index < -0.39 is 7.12 Å². The standard InChI is InChI=1S/C13H28BN3O4/c1-11(2)9-12(16-13(19)10-15)14-20-7-4-17(3-6-18)5-8-21-14/h11-12,18H,3-10,15H2,1-2H3,(H,16,19)/t12-/m0/s1. The maximum atomic E-state index is 11.6. The Balaban J connectivity index is 2.55. The molecule has 1 saturated heterocycles. The minimum Gasteiger partial charge on any atom is -0.408 e. The third-order valence-electron chi connectivity index (χ3n) is 3.38. The van der Waals surface area contributed by atoms with Gasteiger partial charge in [0.1, 0.15) is 0 Å². The molecule has 0 aromatic heterocycles. The highest BCUT2D eigenvalue weighted by Crippen LogP contribution is 2.11. The smallest absolute Gasteiger partial charge is 0.408 e. The fourth-order valence-corrected chi connectivity index (χ4v) is 2.36. The van der Waals surface area contributed by atoms with Crippen molar-refractivity contribution in [3.63, 3.8) is 0 Å². The molecule has 122 valence electrons.